The molecule has 1 aliphatic rings. The third kappa shape index (κ3) is 5.91. The Balaban J connectivity index is 1.62. The summed E-state index contributed by atoms with van der Waals surface area (Å²) >= 11 is 7.25. The van der Waals surface area contributed by atoms with E-state index in [2.05, 4.69) is 5.32 Å². The second kappa shape index (κ2) is 11.2. The lowest BCUT2D eigenvalue weighted by atomic mass is 10.1. The summed E-state index contributed by atoms with van der Waals surface area (Å²) in [5.74, 6) is -1.30. The first-order chi connectivity index (χ1) is 17.0. The average Bonchev–Trinajstić information content (AvgIpc) is 3.16. The minimum absolute atomic E-state index is 0.158. The van der Waals surface area contributed by atoms with Gasteiger partial charge in [0.2, 0.25) is 5.91 Å². The normalized spacial score (nSPS) is 16.7. The third-order valence-corrected chi connectivity index (χ3v) is 6.94. The molecule has 0 unspecified atom stereocenters. The van der Waals surface area contributed by atoms with E-state index in [0.29, 0.717) is 30.1 Å². The largest absolute Gasteiger partial charge is 0.351 e. The monoisotopic (exact) mass is 505 g/mol. The van der Waals surface area contributed by atoms with E-state index >= 15 is 0 Å². The van der Waals surface area contributed by atoms with E-state index in [1.54, 1.807) is 18.2 Å². The molecule has 3 aromatic carbocycles. The highest BCUT2D eigenvalue weighted by Gasteiger charge is 2.40. The summed E-state index contributed by atoms with van der Waals surface area (Å²) in [6, 6.07) is 24.2. The molecule has 4 rings (SSSR count). The van der Waals surface area contributed by atoms with E-state index in [1.807, 2.05) is 42.5 Å². The minimum atomic E-state index is -0.575. The van der Waals surface area contributed by atoms with Crippen molar-refractivity contribution in [2.45, 2.75) is 18.1 Å². The number of anilines is 1. The Morgan fingerprint density at radius 2 is 1.77 bits per heavy atom. The maximum Gasteiger partial charge on any atom is 0.264 e. The fraction of sp³-hybridized carbons (Fsp3) is 0.148. The lowest BCUT2D eigenvalue weighted by Gasteiger charge is -2.18. The first-order valence-corrected chi connectivity index (χ1v) is 12.2. The molecule has 0 bridgehead atoms. The molecule has 1 fully saturated rings. The van der Waals surface area contributed by atoms with Crippen molar-refractivity contribution in [3.05, 3.63) is 111 Å². The van der Waals surface area contributed by atoms with Crippen LogP contribution in [-0.2, 0) is 22.4 Å². The Morgan fingerprint density at radius 1 is 1.06 bits per heavy atom. The molecule has 0 saturated carbocycles. The van der Waals surface area contributed by atoms with Crippen LogP contribution in [0.1, 0.15) is 11.1 Å². The van der Waals surface area contributed by atoms with Crippen LogP contribution in [0.15, 0.2) is 89.5 Å². The fourth-order valence-corrected chi connectivity index (χ4v) is 5.26. The van der Waals surface area contributed by atoms with Gasteiger partial charge in [0.25, 0.3) is 5.91 Å². The van der Waals surface area contributed by atoms with Crippen LogP contribution in [0.3, 0.4) is 0 Å². The number of halogens is 2. The Morgan fingerprint density at radius 3 is 2.46 bits per heavy atom. The number of nitrogens with zero attached hydrogens (tertiary/aromatic N) is 2. The molecule has 1 heterocycles. The molecular formula is C27H21ClFN3O2S. The van der Waals surface area contributed by atoms with E-state index < -0.39 is 17.0 Å². The van der Waals surface area contributed by atoms with Crippen molar-refractivity contribution in [1.82, 2.24) is 5.32 Å². The maximum absolute atomic E-state index is 13.6. The van der Waals surface area contributed by atoms with Crippen molar-refractivity contribution < 1.29 is 14.0 Å². The number of hydrogen-bond acceptors (Lipinski definition) is 4. The van der Waals surface area contributed by atoms with Crippen molar-refractivity contribution in [2.24, 2.45) is 0 Å². The van der Waals surface area contributed by atoms with Crippen molar-refractivity contribution in [3.63, 3.8) is 0 Å². The van der Waals surface area contributed by atoms with Gasteiger partial charge >= 0.3 is 0 Å². The zero-order valence-corrected chi connectivity index (χ0v) is 20.2. The van der Waals surface area contributed by atoms with Gasteiger partial charge in [0, 0.05) is 17.3 Å². The highest BCUT2D eigenvalue weighted by Crippen LogP contribution is 2.42. The van der Waals surface area contributed by atoms with E-state index in [-0.39, 0.29) is 16.5 Å². The van der Waals surface area contributed by atoms with Gasteiger partial charge in [-0.05, 0) is 60.4 Å². The van der Waals surface area contributed by atoms with Crippen molar-refractivity contribution in [1.29, 1.82) is 5.26 Å². The van der Waals surface area contributed by atoms with Gasteiger partial charge in [-0.15, -0.1) is 0 Å². The molecule has 176 valence electrons. The van der Waals surface area contributed by atoms with Gasteiger partial charge in [-0.1, -0.05) is 65.8 Å². The molecule has 2 amide bonds. The zero-order valence-electron chi connectivity index (χ0n) is 18.6. The first kappa shape index (κ1) is 24.5. The van der Waals surface area contributed by atoms with Crippen molar-refractivity contribution in [3.8, 4) is 6.07 Å². The number of amides is 2. The van der Waals surface area contributed by atoms with Crippen LogP contribution in [0, 0.1) is 17.1 Å². The topological polar surface area (TPSA) is 73.2 Å². The second-order valence-corrected chi connectivity index (χ2v) is 9.50. The molecule has 1 aliphatic heterocycles. The van der Waals surface area contributed by atoms with Crippen LogP contribution in [0.4, 0.5) is 10.1 Å². The lowest BCUT2D eigenvalue weighted by Crippen LogP contribution is -2.32. The molecule has 5 nitrogen and oxygen atoms in total. The maximum atomic E-state index is 13.6. The highest BCUT2D eigenvalue weighted by molar-refractivity contribution is 8.05. The van der Waals surface area contributed by atoms with E-state index in [4.69, 9.17) is 11.6 Å². The summed E-state index contributed by atoms with van der Waals surface area (Å²) in [4.78, 5) is 27.7. The highest BCUT2D eigenvalue weighted by atomic mass is 35.5. The molecule has 35 heavy (non-hydrogen) atoms. The molecule has 1 N–H and O–H groups in total. The standard InChI is InChI=1S/C27H21ClFN3O2S/c28-20-8-4-7-19(15-20)16-24-26(34)32(22-11-9-21(29)10-12-22)27(35-24)23(17-30)25(33)31-14-13-18-5-2-1-3-6-18/h1-12,15,24H,13-14,16H2,(H,31,33)/b27-23-/t24-/m0/s1. The quantitative estimate of drug-likeness (QED) is 0.351. The number of rotatable bonds is 7. The Kier molecular flexibility index (Phi) is 7.86. The zero-order chi connectivity index (χ0) is 24.8. The van der Waals surface area contributed by atoms with Gasteiger partial charge in [0.1, 0.15) is 22.5 Å². The summed E-state index contributed by atoms with van der Waals surface area (Å²) in [5.41, 5.74) is 2.14. The van der Waals surface area contributed by atoms with Gasteiger partial charge in [-0.2, -0.15) is 5.26 Å². The smallest absolute Gasteiger partial charge is 0.264 e. The SMILES string of the molecule is N#C/C(C(=O)NCCc1ccccc1)=C1/S[C@@H](Cc2cccc(Cl)c2)C(=O)N1c1ccc(F)cc1. The Hall–Kier alpha value is -3.60. The molecule has 0 spiro atoms. The number of nitrogens with one attached hydrogen (secondary N) is 1. The van der Waals surface area contributed by atoms with Crippen LogP contribution < -0.4 is 10.2 Å². The van der Waals surface area contributed by atoms with Crippen molar-refractivity contribution >= 4 is 40.9 Å². The molecule has 1 atom stereocenters. The number of hydrogen-bond donors (Lipinski definition) is 1. The van der Waals surface area contributed by atoms with Crippen LogP contribution in [0.5, 0.6) is 0 Å². The molecule has 3 aromatic rings. The molecule has 1 saturated heterocycles. The van der Waals surface area contributed by atoms with E-state index in [1.165, 1.54) is 29.2 Å². The average molecular weight is 506 g/mol. The van der Waals surface area contributed by atoms with Crippen LogP contribution in [0.2, 0.25) is 5.02 Å². The van der Waals surface area contributed by atoms with Gasteiger partial charge in [0.05, 0.1) is 5.25 Å². The summed E-state index contributed by atoms with van der Waals surface area (Å²) < 4.78 is 13.6. The van der Waals surface area contributed by atoms with Crippen LogP contribution in [0.25, 0.3) is 0 Å². The van der Waals surface area contributed by atoms with Gasteiger partial charge in [-0.25, -0.2) is 4.39 Å². The minimum Gasteiger partial charge on any atom is -0.351 e. The molecular weight excluding hydrogens is 485 g/mol. The summed E-state index contributed by atoms with van der Waals surface area (Å²) in [7, 11) is 0. The van der Waals surface area contributed by atoms with Gasteiger partial charge in [-0.3, -0.25) is 14.5 Å². The van der Waals surface area contributed by atoms with Gasteiger partial charge in [0.15, 0.2) is 0 Å². The summed E-state index contributed by atoms with van der Waals surface area (Å²) in [6.07, 6.45) is 0.964. The summed E-state index contributed by atoms with van der Waals surface area (Å²) in [5, 5.41) is 12.9. The van der Waals surface area contributed by atoms with E-state index in [0.717, 1.165) is 22.9 Å². The molecule has 0 aromatic heterocycles. The Labute approximate surface area is 212 Å². The predicted molar refractivity (Wildman–Crippen MR) is 136 cm³/mol. The number of thioether (sulfide) groups is 1. The molecule has 0 radical (unpaired) electrons. The molecule has 0 aliphatic carbocycles. The van der Waals surface area contributed by atoms with Crippen LogP contribution >= 0.6 is 23.4 Å². The number of carbonyl (C=O) groups is 2. The Bertz CT molecular complexity index is 1310. The number of benzene rings is 3. The first-order valence-electron chi connectivity index (χ1n) is 10.9. The number of carbonyl (C=O) groups excluding carboxylic acids is 2. The lowest BCUT2D eigenvalue weighted by molar-refractivity contribution is -0.117. The third-order valence-electron chi connectivity index (χ3n) is 5.44. The van der Waals surface area contributed by atoms with Crippen LogP contribution in [-0.4, -0.2) is 23.6 Å². The van der Waals surface area contributed by atoms with Gasteiger partial charge < -0.3 is 5.32 Å². The van der Waals surface area contributed by atoms with Crippen molar-refractivity contribution in [2.75, 3.05) is 11.4 Å². The molecule has 8 heteroatoms. The second-order valence-electron chi connectivity index (χ2n) is 7.87. The number of nitriles is 1. The fourth-order valence-electron chi connectivity index (χ4n) is 3.74. The van der Waals surface area contributed by atoms with E-state index in [9.17, 15) is 19.2 Å². The predicted octanol–water partition coefficient (Wildman–Crippen LogP) is 5.26. The summed E-state index contributed by atoms with van der Waals surface area (Å²) in [6.45, 7) is 0.336.